The summed E-state index contributed by atoms with van der Waals surface area (Å²) in [5.74, 6) is 0.924. The van der Waals surface area contributed by atoms with E-state index in [0.717, 1.165) is 29.7 Å². The Bertz CT molecular complexity index is 637. The molecule has 3 nitrogen and oxygen atoms in total. The molecule has 0 fully saturated rings. The van der Waals surface area contributed by atoms with Crippen LogP contribution >= 0.6 is 0 Å². The lowest BCUT2D eigenvalue weighted by Crippen LogP contribution is -2.42. The summed E-state index contributed by atoms with van der Waals surface area (Å²) in [6, 6.07) is 12.4. The van der Waals surface area contributed by atoms with Crippen molar-refractivity contribution in [3.63, 3.8) is 0 Å². The Morgan fingerprint density at radius 3 is 2.62 bits per heavy atom. The topological polar surface area (TPSA) is 55.5 Å². The van der Waals surface area contributed by atoms with Gasteiger partial charge in [0.15, 0.2) is 0 Å². The van der Waals surface area contributed by atoms with E-state index in [4.69, 9.17) is 10.5 Å². The largest absolute Gasteiger partial charge is 0.494 e. The Morgan fingerprint density at radius 2 is 1.88 bits per heavy atom. The molecule has 132 valence electrons. The van der Waals surface area contributed by atoms with Gasteiger partial charge in [0.25, 0.3) is 0 Å². The number of rotatable bonds is 10. The number of hydrogen-bond acceptors (Lipinski definition) is 3. The molecule has 0 saturated heterocycles. The van der Waals surface area contributed by atoms with Crippen LogP contribution in [0.1, 0.15) is 51.5 Å². The maximum Gasteiger partial charge on any atom is 0.119 e. The first-order valence-electron chi connectivity index (χ1n) is 9.10. The molecule has 2 aromatic rings. The van der Waals surface area contributed by atoms with Crippen molar-refractivity contribution in [3.8, 4) is 5.75 Å². The number of fused-ring (bicyclic) bond motifs is 1. The van der Waals surface area contributed by atoms with Crippen LogP contribution in [0.2, 0.25) is 0 Å². The van der Waals surface area contributed by atoms with Gasteiger partial charge in [-0.2, -0.15) is 0 Å². The van der Waals surface area contributed by atoms with Crippen molar-refractivity contribution < 1.29 is 9.84 Å². The van der Waals surface area contributed by atoms with Crippen LogP contribution in [0, 0.1) is 0 Å². The van der Waals surface area contributed by atoms with E-state index < -0.39 is 5.54 Å². The molecule has 0 aromatic heterocycles. The highest BCUT2D eigenvalue weighted by atomic mass is 16.5. The minimum absolute atomic E-state index is 0.0252. The summed E-state index contributed by atoms with van der Waals surface area (Å²) in [5.41, 5.74) is 6.68. The van der Waals surface area contributed by atoms with Gasteiger partial charge < -0.3 is 15.6 Å². The standard InChI is InChI=1S/C21H31NO2/c1-3-4-5-6-7-13-24-19-11-12-20-17(14-19)9-8-10-18(20)15-21(2,22)16-23/h8-12,14,23H,3-7,13,15-16,22H2,1-2H3/t21-/m0/s1. The fraction of sp³-hybridized carbons (Fsp3) is 0.524. The summed E-state index contributed by atoms with van der Waals surface area (Å²) < 4.78 is 5.89. The van der Waals surface area contributed by atoms with Gasteiger partial charge in [0.05, 0.1) is 13.2 Å². The smallest absolute Gasteiger partial charge is 0.119 e. The molecule has 0 saturated carbocycles. The first-order chi connectivity index (χ1) is 11.6. The van der Waals surface area contributed by atoms with E-state index in [-0.39, 0.29) is 6.61 Å². The predicted octanol–water partition coefficient (Wildman–Crippen LogP) is 4.44. The molecule has 0 aliphatic heterocycles. The second kappa shape index (κ2) is 9.05. The van der Waals surface area contributed by atoms with Crippen molar-refractivity contribution in [1.82, 2.24) is 0 Å². The van der Waals surface area contributed by atoms with Gasteiger partial charge in [-0.15, -0.1) is 0 Å². The van der Waals surface area contributed by atoms with E-state index in [0.29, 0.717) is 6.42 Å². The number of unbranched alkanes of at least 4 members (excludes halogenated alkanes) is 4. The molecule has 0 aliphatic rings. The van der Waals surface area contributed by atoms with Crippen LogP contribution in [-0.2, 0) is 6.42 Å². The third-order valence-electron chi connectivity index (χ3n) is 4.41. The maximum atomic E-state index is 9.40. The number of aliphatic hydroxyl groups excluding tert-OH is 1. The lowest BCUT2D eigenvalue weighted by atomic mass is 9.91. The van der Waals surface area contributed by atoms with E-state index in [2.05, 4.69) is 31.2 Å². The monoisotopic (exact) mass is 329 g/mol. The summed E-state index contributed by atoms with van der Waals surface area (Å²) in [6.07, 6.45) is 6.88. The number of hydrogen-bond donors (Lipinski definition) is 2. The maximum absolute atomic E-state index is 9.40. The molecular weight excluding hydrogens is 298 g/mol. The van der Waals surface area contributed by atoms with Gasteiger partial charge in [0.2, 0.25) is 0 Å². The summed E-state index contributed by atoms with van der Waals surface area (Å²) in [6.45, 7) is 4.86. The molecule has 0 spiro atoms. The van der Waals surface area contributed by atoms with Crippen molar-refractivity contribution in [3.05, 3.63) is 42.0 Å². The molecule has 0 radical (unpaired) electrons. The summed E-state index contributed by atoms with van der Waals surface area (Å²) in [7, 11) is 0. The summed E-state index contributed by atoms with van der Waals surface area (Å²) in [5, 5.41) is 11.7. The lowest BCUT2D eigenvalue weighted by molar-refractivity contribution is 0.208. The summed E-state index contributed by atoms with van der Waals surface area (Å²) in [4.78, 5) is 0. The average Bonchev–Trinajstić information content (AvgIpc) is 2.58. The molecule has 2 aromatic carbocycles. The van der Waals surface area contributed by atoms with Crippen LogP contribution in [0.25, 0.3) is 10.8 Å². The summed E-state index contributed by atoms with van der Waals surface area (Å²) >= 11 is 0. The van der Waals surface area contributed by atoms with E-state index in [9.17, 15) is 5.11 Å². The van der Waals surface area contributed by atoms with Gasteiger partial charge in [-0.05, 0) is 48.2 Å². The molecule has 3 N–H and O–H groups in total. The van der Waals surface area contributed by atoms with Crippen molar-refractivity contribution in [2.24, 2.45) is 5.73 Å². The number of benzene rings is 2. The van der Waals surface area contributed by atoms with Gasteiger partial charge in [-0.3, -0.25) is 0 Å². The molecule has 0 aliphatic carbocycles. The van der Waals surface area contributed by atoms with Crippen LogP contribution in [0.3, 0.4) is 0 Å². The van der Waals surface area contributed by atoms with Crippen LogP contribution in [0.15, 0.2) is 36.4 Å². The quantitative estimate of drug-likeness (QED) is 0.634. The van der Waals surface area contributed by atoms with Crippen molar-refractivity contribution in [1.29, 1.82) is 0 Å². The minimum Gasteiger partial charge on any atom is -0.494 e. The van der Waals surface area contributed by atoms with Gasteiger partial charge in [-0.25, -0.2) is 0 Å². The van der Waals surface area contributed by atoms with Gasteiger partial charge in [0.1, 0.15) is 5.75 Å². The van der Waals surface area contributed by atoms with Crippen LogP contribution in [-0.4, -0.2) is 23.9 Å². The van der Waals surface area contributed by atoms with Gasteiger partial charge in [-0.1, -0.05) is 56.9 Å². The number of nitrogens with two attached hydrogens (primary N) is 1. The Kier molecular flexibility index (Phi) is 7.07. The molecule has 3 heteroatoms. The van der Waals surface area contributed by atoms with E-state index >= 15 is 0 Å². The SMILES string of the molecule is CCCCCCCOc1ccc2c(C[C@](C)(N)CO)cccc2c1. The highest BCUT2D eigenvalue weighted by Crippen LogP contribution is 2.26. The predicted molar refractivity (Wildman–Crippen MR) is 102 cm³/mol. The average molecular weight is 329 g/mol. The van der Waals surface area contributed by atoms with E-state index in [1.807, 2.05) is 19.1 Å². The normalized spacial score (nSPS) is 13.8. The lowest BCUT2D eigenvalue weighted by Gasteiger charge is -2.22. The Morgan fingerprint density at radius 1 is 1.08 bits per heavy atom. The zero-order valence-electron chi connectivity index (χ0n) is 15.1. The Labute approximate surface area is 145 Å². The van der Waals surface area contributed by atoms with Crippen molar-refractivity contribution >= 4 is 10.8 Å². The van der Waals surface area contributed by atoms with E-state index in [1.165, 1.54) is 31.1 Å². The molecular formula is C21H31NO2. The highest BCUT2D eigenvalue weighted by molar-refractivity contribution is 5.87. The van der Waals surface area contributed by atoms with Crippen LogP contribution < -0.4 is 10.5 Å². The van der Waals surface area contributed by atoms with Crippen LogP contribution in [0.5, 0.6) is 5.75 Å². The van der Waals surface area contributed by atoms with Crippen molar-refractivity contribution in [2.45, 2.75) is 57.9 Å². The molecule has 0 amide bonds. The zero-order valence-corrected chi connectivity index (χ0v) is 15.1. The Hall–Kier alpha value is -1.58. The van der Waals surface area contributed by atoms with Gasteiger partial charge >= 0.3 is 0 Å². The molecule has 0 heterocycles. The zero-order chi connectivity index (χ0) is 17.4. The Balaban J connectivity index is 2.01. The first kappa shape index (κ1) is 18.8. The van der Waals surface area contributed by atoms with Crippen molar-refractivity contribution in [2.75, 3.05) is 13.2 Å². The van der Waals surface area contributed by atoms with E-state index in [1.54, 1.807) is 0 Å². The molecule has 24 heavy (non-hydrogen) atoms. The fourth-order valence-corrected chi connectivity index (χ4v) is 2.96. The molecule has 1 atom stereocenters. The second-order valence-corrected chi connectivity index (χ2v) is 7.05. The third kappa shape index (κ3) is 5.50. The number of ether oxygens (including phenoxy) is 1. The van der Waals surface area contributed by atoms with Gasteiger partial charge in [0, 0.05) is 5.54 Å². The molecule has 0 bridgehead atoms. The first-order valence-corrected chi connectivity index (χ1v) is 9.10. The fourth-order valence-electron chi connectivity index (χ4n) is 2.96. The molecule has 0 unspecified atom stereocenters. The minimum atomic E-state index is -0.595. The van der Waals surface area contributed by atoms with Crippen LogP contribution in [0.4, 0.5) is 0 Å². The molecule has 2 rings (SSSR count). The highest BCUT2D eigenvalue weighted by Gasteiger charge is 2.18. The third-order valence-corrected chi connectivity index (χ3v) is 4.41. The number of aliphatic hydroxyl groups is 1. The second-order valence-electron chi connectivity index (χ2n) is 7.05.